The zero-order chi connectivity index (χ0) is 37.9. The topological polar surface area (TPSA) is 86.2 Å². The van der Waals surface area contributed by atoms with Crippen LogP contribution in [-0.4, -0.2) is 17.3 Å². The SMILES string of the molecule is N.O=C(C=Cc1ccccc1)C=Cc1ccccc1.O=C(C=Cc1ccccc1)C=Cc1ccccc1.O=C(C=Cc1ccccc1)C=Cc1ccccc1. The highest BCUT2D eigenvalue weighted by Crippen LogP contribution is 2.06. The molecule has 6 aromatic carbocycles. The highest BCUT2D eigenvalue weighted by atomic mass is 16.1. The quantitative estimate of drug-likeness (QED) is 0.128. The molecular formula is C51H45NO3. The highest BCUT2D eigenvalue weighted by molar-refractivity contribution is 6.05. The molecule has 0 aliphatic carbocycles. The van der Waals surface area contributed by atoms with Gasteiger partial charge in [0.15, 0.2) is 17.3 Å². The summed E-state index contributed by atoms with van der Waals surface area (Å²) in [4.78, 5) is 34.8. The van der Waals surface area contributed by atoms with Crippen LogP contribution in [0.2, 0.25) is 0 Å². The predicted molar refractivity (Wildman–Crippen MR) is 233 cm³/mol. The van der Waals surface area contributed by atoms with Crippen LogP contribution >= 0.6 is 0 Å². The van der Waals surface area contributed by atoms with E-state index in [0.29, 0.717) is 0 Å². The van der Waals surface area contributed by atoms with Gasteiger partial charge in [-0.05, 0) is 69.8 Å². The second kappa shape index (κ2) is 25.6. The van der Waals surface area contributed by atoms with Gasteiger partial charge in [0.1, 0.15) is 0 Å². The summed E-state index contributed by atoms with van der Waals surface area (Å²) < 4.78 is 0. The van der Waals surface area contributed by atoms with E-state index in [1.165, 1.54) is 0 Å². The molecule has 0 aromatic heterocycles. The van der Waals surface area contributed by atoms with Gasteiger partial charge in [-0.15, -0.1) is 0 Å². The fourth-order valence-corrected chi connectivity index (χ4v) is 4.62. The van der Waals surface area contributed by atoms with Crippen LogP contribution < -0.4 is 6.15 Å². The molecule has 0 saturated carbocycles. The van der Waals surface area contributed by atoms with Gasteiger partial charge >= 0.3 is 0 Å². The number of benzene rings is 6. The number of allylic oxidation sites excluding steroid dienone is 6. The lowest BCUT2D eigenvalue weighted by atomic mass is 10.1. The predicted octanol–water partition coefficient (Wildman–Crippen LogP) is 12.1. The van der Waals surface area contributed by atoms with Crippen LogP contribution in [0.25, 0.3) is 36.5 Å². The van der Waals surface area contributed by atoms with Crippen molar-refractivity contribution in [2.24, 2.45) is 0 Å². The Morgan fingerprint density at radius 2 is 0.364 bits per heavy atom. The second-order valence-electron chi connectivity index (χ2n) is 11.7. The second-order valence-corrected chi connectivity index (χ2v) is 11.7. The van der Waals surface area contributed by atoms with Crippen molar-refractivity contribution < 1.29 is 14.4 Å². The largest absolute Gasteiger partial charge is 0.344 e. The summed E-state index contributed by atoms with van der Waals surface area (Å²) >= 11 is 0. The minimum absolute atomic E-state index is 0. The molecule has 0 atom stereocenters. The van der Waals surface area contributed by atoms with Crippen LogP contribution in [0, 0.1) is 0 Å². The monoisotopic (exact) mass is 719 g/mol. The lowest BCUT2D eigenvalue weighted by Gasteiger charge is -1.91. The molecule has 0 fully saturated rings. The molecule has 6 rings (SSSR count). The normalized spacial score (nSPS) is 10.9. The average molecular weight is 720 g/mol. The van der Waals surface area contributed by atoms with E-state index in [2.05, 4.69) is 0 Å². The van der Waals surface area contributed by atoms with Gasteiger partial charge < -0.3 is 6.15 Å². The van der Waals surface area contributed by atoms with Crippen molar-refractivity contribution in [2.45, 2.75) is 0 Å². The maximum Gasteiger partial charge on any atom is 0.178 e. The van der Waals surface area contributed by atoms with Gasteiger partial charge in [-0.1, -0.05) is 218 Å². The summed E-state index contributed by atoms with van der Waals surface area (Å²) in [6.07, 6.45) is 20.4. The third-order valence-corrected chi connectivity index (χ3v) is 7.44. The minimum atomic E-state index is -0.0114. The molecule has 4 nitrogen and oxygen atoms in total. The van der Waals surface area contributed by atoms with Crippen molar-refractivity contribution in [2.75, 3.05) is 0 Å². The van der Waals surface area contributed by atoms with Crippen molar-refractivity contribution >= 4 is 53.8 Å². The molecule has 4 heteroatoms. The van der Waals surface area contributed by atoms with E-state index in [-0.39, 0.29) is 23.5 Å². The van der Waals surface area contributed by atoms with Crippen molar-refractivity contribution in [3.63, 3.8) is 0 Å². The van der Waals surface area contributed by atoms with Crippen LogP contribution in [0.5, 0.6) is 0 Å². The molecule has 0 aliphatic rings. The lowest BCUT2D eigenvalue weighted by molar-refractivity contribution is -0.111. The van der Waals surface area contributed by atoms with Gasteiger partial charge in [0, 0.05) is 0 Å². The Morgan fingerprint density at radius 3 is 0.491 bits per heavy atom. The Bertz CT molecular complexity index is 1760. The van der Waals surface area contributed by atoms with E-state index < -0.39 is 0 Å². The van der Waals surface area contributed by atoms with Crippen LogP contribution in [0.4, 0.5) is 0 Å². The summed E-state index contributed by atoms with van der Waals surface area (Å²) in [6.45, 7) is 0. The number of rotatable bonds is 12. The standard InChI is InChI=1S/3C17H14O.H3N/c3*18-17(13-11-15-7-3-1-4-8-15)14-12-16-9-5-2-6-10-16;/h3*1-14H;1H3. The fourth-order valence-electron chi connectivity index (χ4n) is 4.62. The first kappa shape index (κ1) is 42.1. The lowest BCUT2D eigenvalue weighted by Crippen LogP contribution is -1.84. The molecular weight excluding hydrogens is 675 g/mol. The number of hydrogen-bond donors (Lipinski definition) is 1. The van der Waals surface area contributed by atoms with Gasteiger partial charge in [-0.25, -0.2) is 0 Å². The van der Waals surface area contributed by atoms with Crippen molar-refractivity contribution in [3.8, 4) is 0 Å². The van der Waals surface area contributed by atoms with Crippen LogP contribution in [-0.2, 0) is 14.4 Å². The molecule has 0 bridgehead atoms. The van der Waals surface area contributed by atoms with Crippen LogP contribution in [0.15, 0.2) is 218 Å². The molecule has 6 aromatic rings. The Hall–Kier alpha value is -7.27. The van der Waals surface area contributed by atoms with E-state index in [1.807, 2.05) is 218 Å². The number of hydrogen-bond acceptors (Lipinski definition) is 4. The van der Waals surface area contributed by atoms with Gasteiger partial charge in [0.05, 0.1) is 0 Å². The van der Waals surface area contributed by atoms with E-state index >= 15 is 0 Å². The highest BCUT2D eigenvalue weighted by Gasteiger charge is 1.93. The van der Waals surface area contributed by atoms with Crippen molar-refractivity contribution in [1.82, 2.24) is 6.15 Å². The molecule has 0 unspecified atom stereocenters. The van der Waals surface area contributed by atoms with Crippen LogP contribution in [0.1, 0.15) is 33.4 Å². The summed E-state index contributed by atoms with van der Waals surface area (Å²) in [6, 6.07) is 58.7. The molecule has 272 valence electrons. The summed E-state index contributed by atoms with van der Waals surface area (Å²) in [5.41, 5.74) is 6.16. The van der Waals surface area contributed by atoms with Gasteiger partial charge in [0.25, 0.3) is 0 Å². The minimum Gasteiger partial charge on any atom is -0.344 e. The van der Waals surface area contributed by atoms with Gasteiger partial charge in [-0.3, -0.25) is 14.4 Å². The Morgan fingerprint density at radius 1 is 0.236 bits per heavy atom. The van der Waals surface area contributed by atoms with Gasteiger partial charge in [-0.2, -0.15) is 0 Å². The van der Waals surface area contributed by atoms with E-state index in [9.17, 15) is 14.4 Å². The fraction of sp³-hybridized carbons (Fsp3) is 0. The number of ketones is 3. The first-order valence-electron chi connectivity index (χ1n) is 17.5. The Balaban J connectivity index is 0.000000220. The molecule has 0 aliphatic heterocycles. The van der Waals surface area contributed by atoms with E-state index in [4.69, 9.17) is 0 Å². The third kappa shape index (κ3) is 18.7. The molecule has 55 heavy (non-hydrogen) atoms. The van der Waals surface area contributed by atoms with Crippen molar-refractivity contribution in [3.05, 3.63) is 252 Å². The smallest absolute Gasteiger partial charge is 0.178 e. The molecule has 3 N–H and O–H groups in total. The zero-order valence-electron chi connectivity index (χ0n) is 30.7. The zero-order valence-corrected chi connectivity index (χ0v) is 30.7. The third-order valence-electron chi connectivity index (χ3n) is 7.44. The van der Waals surface area contributed by atoms with Crippen molar-refractivity contribution in [1.29, 1.82) is 0 Å². The summed E-state index contributed by atoms with van der Waals surface area (Å²) in [5, 5.41) is 0. The molecule has 0 saturated heterocycles. The van der Waals surface area contributed by atoms with Gasteiger partial charge in [0.2, 0.25) is 0 Å². The average Bonchev–Trinajstić information content (AvgIpc) is 3.24. The maximum absolute atomic E-state index is 11.6. The van der Waals surface area contributed by atoms with E-state index in [0.717, 1.165) is 33.4 Å². The first-order valence-corrected chi connectivity index (χ1v) is 17.5. The first-order chi connectivity index (χ1) is 26.5. The molecule has 0 heterocycles. The summed E-state index contributed by atoms with van der Waals surface area (Å²) in [5.74, 6) is -0.0341. The number of carbonyl (C=O) groups excluding carboxylic acids is 3. The van der Waals surface area contributed by atoms with E-state index in [1.54, 1.807) is 36.5 Å². The molecule has 0 spiro atoms. The Kier molecular flexibility index (Phi) is 19.7. The molecule has 0 radical (unpaired) electrons. The molecule has 0 amide bonds. The van der Waals surface area contributed by atoms with Crippen LogP contribution in [0.3, 0.4) is 0 Å². The summed E-state index contributed by atoms with van der Waals surface area (Å²) in [7, 11) is 0. The number of carbonyl (C=O) groups is 3. The Labute approximate surface area is 325 Å². The maximum atomic E-state index is 11.6.